The number of fused-ring (bicyclic) bond motifs is 1. The molecule has 1 fully saturated rings. The summed E-state index contributed by atoms with van der Waals surface area (Å²) < 4.78 is 42.1. The summed E-state index contributed by atoms with van der Waals surface area (Å²) in [4.78, 5) is 35.2. The van der Waals surface area contributed by atoms with Crippen molar-refractivity contribution in [2.45, 2.75) is 51.9 Å². The van der Waals surface area contributed by atoms with Gasteiger partial charge in [-0.2, -0.15) is 13.2 Å². The van der Waals surface area contributed by atoms with Crippen molar-refractivity contribution in [2.24, 2.45) is 5.92 Å². The van der Waals surface area contributed by atoms with E-state index in [2.05, 4.69) is 15.3 Å². The normalized spacial score (nSPS) is 16.7. The van der Waals surface area contributed by atoms with Crippen LogP contribution in [0.5, 0.6) is 5.88 Å². The Bertz CT molecular complexity index is 1050. The monoisotopic (exact) mass is 448 g/mol. The van der Waals surface area contributed by atoms with Gasteiger partial charge in [0.05, 0.1) is 25.6 Å². The standard InChI is InChI=1S/C22H23F3N4O3/c1-12-9-15(10-27-20(12)32-8-6-22(23,24)25)13(2)29-11-17-16(21(29)31)5-7-26-18(17)28-19(30)14-3-4-14/h5,7,9-10,13-14H,3-4,6,8,11H2,1-2H3,(H,26,28,30). The predicted octanol–water partition coefficient (Wildman–Crippen LogP) is 4.18. The van der Waals surface area contributed by atoms with Crippen molar-refractivity contribution in [3.8, 4) is 5.88 Å². The Kier molecular flexibility index (Phi) is 5.79. The zero-order valence-corrected chi connectivity index (χ0v) is 17.7. The number of ether oxygens (including phenoxy) is 1. The average Bonchev–Trinajstić information content (AvgIpc) is 3.52. The lowest BCUT2D eigenvalue weighted by atomic mass is 10.1. The molecule has 2 aromatic heterocycles. The highest BCUT2D eigenvalue weighted by atomic mass is 19.4. The molecule has 3 heterocycles. The molecule has 7 nitrogen and oxygen atoms in total. The summed E-state index contributed by atoms with van der Waals surface area (Å²) in [5.74, 6) is 0.303. The largest absolute Gasteiger partial charge is 0.477 e. The number of alkyl halides is 3. The maximum Gasteiger partial charge on any atom is 0.392 e. The summed E-state index contributed by atoms with van der Waals surface area (Å²) in [5.41, 5.74) is 2.48. The number of pyridine rings is 2. The Balaban J connectivity index is 1.47. The third-order valence-electron chi connectivity index (χ3n) is 5.69. The molecule has 2 aromatic rings. The summed E-state index contributed by atoms with van der Waals surface area (Å²) >= 11 is 0. The minimum atomic E-state index is -4.29. The second kappa shape index (κ2) is 8.40. The Morgan fingerprint density at radius 3 is 2.75 bits per heavy atom. The van der Waals surface area contributed by atoms with Crippen LogP contribution in [0.4, 0.5) is 19.0 Å². The molecule has 2 aliphatic rings. The predicted molar refractivity (Wildman–Crippen MR) is 109 cm³/mol. The van der Waals surface area contributed by atoms with E-state index in [1.54, 1.807) is 24.0 Å². The Hall–Kier alpha value is -3.17. The first kappa shape index (κ1) is 22.0. The van der Waals surface area contributed by atoms with E-state index < -0.39 is 19.2 Å². The molecular weight excluding hydrogens is 425 g/mol. The number of hydrogen-bond acceptors (Lipinski definition) is 5. The minimum absolute atomic E-state index is 0.0192. The molecule has 2 amide bonds. The fourth-order valence-corrected chi connectivity index (χ4v) is 3.64. The Labute approximate surface area is 183 Å². The summed E-state index contributed by atoms with van der Waals surface area (Å²) in [5, 5.41) is 2.83. The van der Waals surface area contributed by atoms with Crippen LogP contribution >= 0.6 is 0 Å². The van der Waals surface area contributed by atoms with Gasteiger partial charge < -0.3 is 15.0 Å². The van der Waals surface area contributed by atoms with Crippen LogP contribution in [0, 0.1) is 12.8 Å². The number of aromatic nitrogens is 2. The number of aryl methyl sites for hydroxylation is 1. The van der Waals surface area contributed by atoms with Crippen LogP contribution in [0.15, 0.2) is 24.5 Å². The first-order valence-corrected chi connectivity index (χ1v) is 10.4. The van der Waals surface area contributed by atoms with Crippen molar-refractivity contribution >= 4 is 17.6 Å². The number of carbonyl (C=O) groups excluding carboxylic acids is 2. The van der Waals surface area contributed by atoms with Gasteiger partial charge in [0, 0.05) is 35.0 Å². The van der Waals surface area contributed by atoms with Crippen LogP contribution in [-0.2, 0) is 11.3 Å². The van der Waals surface area contributed by atoms with Crippen molar-refractivity contribution in [3.63, 3.8) is 0 Å². The Morgan fingerprint density at radius 1 is 1.34 bits per heavy atom. The highest BCUT2D eigenvalue weighted by molar-refractivity contribution is 6.02. The van der Waals surface area contributed by atoms with Gasteiger partial charge >= 0.3 is 6.18 Å². The SMILES string of the molecule is Cc1cc(C(C)N2Cc3c(ccnc3NC(=O)C3CC3)C2=O)cnc1OCCC(F)(F)F. The third-order valence-corrected chi connectivity index (χ3v) is 5.69. The lowest BCUT2D eigenvalue weighted by molar-refractivity contribution is -0.139. The van der Waals surface area contributed by atoms with Crippen molar-refractivity contribution < 1.29 is 27.5 Å². The fraction of sp³-hybridized carbons (Fsp3) is 0.455. The molecule has 1 aliphatic heterocycles. The van der Waals surface area contributed by atoms with Gasteiger partial charge in [0.25, 0.3) is 5.91 Å². The number of carbonyl (C=O) groups is 2. The highest BCUT2D eigenvalue weighted by Gasteiger charge is 2.36. The van der Waals surface area contributed by atoms with Crippen LogP contribution in [0.25, 0.3) is 0 Å². The fourth-order valence-electron chi connectivity index (χ4n) is 3.64. The quantitative estimate of drug-likeness (QED) is 0.687. The molecule has 32 heavy (non-hydrogen) atoms. The van der Waals surface area contributed by atoms with Crippen LogP contribution in [0.2, 0.25) is 0 Å². The van der Waals surface area contributed by atoms with E-state index >= 15 is 0 Å². The van der Waals surface area contributed by atoms with E-state index in [1.165, 1.54) is 12.4 Å². The van der Waals surface area contributed by atoms with E-state index in [1.807, 2.05) is 6.92 Å². The number of anilines is 1. The summed E-state index contributed by atoms with van der Waals surface area (Å²) in [6.45, 7) is 3.32. The molecule has 1 N–H and O–H groups in total. The zero-order valence-electron chi connectivity index (χ0n) is 17.7. The minimum Gasteiger partial charge on any atom is -0.477 e. The van der Waals surface area contributed by atoms with E-state index in [9.17, 15) is 22.8 Å². The van der Waals surface area contributed by atoms with Gasteiger partial charge in [0.1, 0.15) is 5.82 Å². The summed E-state index contributed by atoms with van der Waals surface area (Å²) in [6, 6.07) is 3.04. The second-order valence-corrected chi connectivity index (χ2v) is 8.16. The van der Waals surface area contributed by atoms with Crippen molar-refractivity contribution in [3.05, 3.63) is 46.8 Å². The van der Waals surface area contributed by atoms with Crippen molar-refractivity contribution in [1.82, 2.24) is 14.9 Å². The maximum atomic E-state index is 13.0. The summed E-state index contributed by atoms with van der Waals surface area (Å²) in [7, 11) is 0. The number of rotatable bonds is 7. The molecule has 170 valence electrons. The molecule has 0 bridgehead atoms. The van der Waals surface area contributed by atoms with E-state index in [-0.39, 0.29) is 36.2 Å². The second-order valence-electron chi connectivity index (χ2n) is 8.16. The van der Waals surface area contributed by atoms with Crippen LogP contribution in [0.1, 0.15) is 59.3 Å². The van der Waals surface area contributed by atoms with E-state index in [0.29, 0.717) is 22.5 Å². The number of nitrogens with zero attached hydrogens (tertiary/aromatic N) is 3. The van der Waals surface area contributed by atoms with Gasteiger partial charge in [-0.05, 0) is 44.4 Å². The average molecular weight is 448 g/mol. The molecule has 1 unspecified atom stereocenters. The maximum absolute atomic E-state index is 13.0. The van der Waals surface area contributed by atoms with E-state index in [0.717, 1.165) is 18.4 Å². The van der Waals surface area contributed by atoms with Crippen LogP contribution < -0.4 is 10.1 Å². The van der Waals surface area contributed by atoms with Crippen LogP contribution in [0.3, 0.4) is 0 Å². The molecule has 4 rings (SSSR count). The smallest absolute Gasteiger partial charge is 0.392 e. The lowest BCUT2D eigenvalue weighted by Crippen LogP contribution is -2.27. The molecule has 0 aromatic carbocycles. The molecule has 0 radical (unpaired) electrons. The van der Waals surface area contributed by atoms with Crippen molar-refractivity contribution in [2.75, 3.05) is 11.9 Å². The molecule has 0 saturated heterocycles. The number of amides is 2. The number of nitrogens with one attached hydrogen (secondary N) is 1. The van der Waals surface area contributed by atoms with Gasteiger partial charge in [-0.25, -0.2) is 9.97 Å². The van der Waals surface area contributed by atoms with Gasteiger partial charge in [0.2, 0.25) is 11.8 Å². The molecule has 1 aliphatic carbocycles. The molecular formula is C22H23F3N4O3. The topological polar surface area (TPSA) is 84.4 Å². The third kappa shape index (κ3) is 4.68. The van der Waals surface area contributed by atoms with Gasteiger partial charge in [-0.3, -0.25) is 9.59 Å². The molecule has 0 spiro atoms. The highest BCUT2D eigenvalue weighted by Crippen LogP contribution is 2.36. The Morgan fingerprint density at radius 2 is 2.09 bits per heavy atom. The zero-order chi connectivity index (χ0) is 23.0. The number of halogens is 3. The van der Waals surface area contributed by atoms with Crippen molar-refractivity contribution in [1.29, 1.82) is 0 Å². The first-order valence-electron chi connectivity index (χ1n) is 10.4. The lowest BCUT2D eigenvalue weighted by Gasteiger charge is -2.25. The molecule has 10 heteroatoms. The first-order chi connectivity index (χ1) is 15.1. The van der Waals surface area contributed by atoms with Crippen LogP contribution in [-0.4, -0.2) is 39.5 Å². The van der Waals surface area contributed by atoms with Gasteiger partial charge in [-0.15, -0.1) is 0 Å². The molecule has 1 saturated carbocycles. The number of hydrogen-bond donors (Lipinski definition) is 1. The summed E-state index contributed by atoms with van der Waals surface area (Å²) in [6.07, 6.45) is -0.604. The van der Waals surface area contributed by atoms with E-state index in [4.69, 9.17) is 4.74 Å². The molecule has 1 atom stereocenters. The van der Waals surface area contributed by atoms with Gasteiger partial charge in [0.15, 0.2) is 0 Å². The van der Waals surface area contributed by atoms with Gasteiger partial charge in [-0.1, -0.05) is 0 Å².